The van der Waals surface area contributed by atoms with E-state index >= 15 is 4.39 Å². The first kappa shape index (κ1) is 31.0. The number of hydrogen-bond acceptors (Lipinski definition) is 6. The Balaban J connectivity index is 1.35. The summed E-state index contributed by atoms with van der Waals surface area (Å²) in [6.07, 6.45) is 1.15. The van der Waals surface area contributed by atoms with Crippen LogP contribution in [0.2, 0.25) is 10.0 Å². The standard InChI is InChI=1S/C34H32Cl2F3N5O2/c1-19-16-42(32(45)20(2)37)12-13-44(19)31-24-14-26(36)28(23-8-3-6-21-7-4-9-25(35)27(21)23)29(39)30(24)40-33(41-31)46-18-34-10-5-11-43(34)17-22(38)15-34/h3-4,6-9,14,19,22H,2,5,10-13,15-18H2,1H3/t19-,22+,34-/m0/s1. The molecule has 3 aromatic carbocycles. The van der Waals surface area contributed by atoms with Crippen LogP contribution in [0.25, 0.3) is 32.8 Å². The van der Waals surface area contributed by atoms with Gasteiger partial charge in [-0.15, -0.1) is 0 Å². The van der Waals surface area contributed by atoms with Crippen molar-refractivity contribution in [2.45, 2.75) is 43.9 Å². The Hall–Kier alpha value is -3.60. The summed E-state index contributed by atoms with van der Waals surface area (Å²) >= 11 is 13.5. The van der Waals surface area contributed by atoms with E-state index in [4.69, 9.17) is 32.9 Å². The van der Waals surface area contributed by atoms with Crippen LogP contribution < -0.4 is 9.64 Å². The van der Waals surface area contributed by atoms with Crippen LogP contribution in [0.5, 0.6) is 6.01 Å². The summed E-state index contributed by atoms with van der Waals surface area (Å²) in [5.41, 5.74) is 0.199. The molecule has 4 heterocycles. The predicted octanol–water partition coefficient (Wildman–Crippen LogP) is 7.37. The molecule has 240 valence electrons. The van der Waals surface area contributed by atoms with Crippen LogP contribution in [0.1, 0.15) is 26.2 Å². The molecule has 46 heavy (non-hydrogen) atoms. The number of halogens is 5. The van der Waals surface area contributed by atoms with Crippen molar-refractivity contribution in [3.05, 3.63) is 70.7 Å². The molecule has 3 aliphatic rings. The van der Waals surface area contributed by atoms with Crippen LogP contribution in [0, 0.1) is 5.82 Å². The number of amides is 1. The molecule has 7 nitrogen and oxygen atoms in total. The number of anilines is 1. The number of nitrogens with zero attached hydrogens (tertiary/aromatic N) is 5. The number of ether oxygens (including phenoxy) is 1. The van der Waals surface area contributed by atoms with Gasteiger partial charge in [0.25, 0.3) is 5.91 Å². The van der Waals surface area contributed by atoms with Crippen molar-refractivity contribution in [1.29, 1.82) is 0 Å². The molecule has 12 heteroatoms. The minimum Gasteiger partial charge on any atom is -0.461 e. The first-order valence-electron chi connectivity index (χ1n) is 15.4. The third-order valence-electron chi connectivity index (χ3n) is 9.62. The second-order valence-corrected chi connectivity index (χ2v) is 13.3. The molecule has 0 bridgehead atoms. The van der Waals surface area contributed by atoms with E-state index in [0.29, 0.717) is 40.1 Å². The highest BCUT2D eigenvalue weighted by molar-refractivity contribution is 6.38. The van der Waals surface area contributed by atoms with Crippen molar-refractivity contribution in [3.63, 3.8) is 0 Å². The minimum absolute atomic E-state index is 0.00173. The molecule has 3 atom stereocenters. The highest BCUT2D eigenvalue weighted by Gasteiger charge is 2.49. The molecule has 3 aliphatic heterocycles. The van der Waals surface area contributed by atoms with Gasteiger partial charge in [-0.25, -0.2) is 13.2 Å². The zero-order chi connectivity index (χ0) is 32.3. The number of rotatable bonds is 6. The van der Waals surface area contributed by atoms with E-state index in [0.717, 1.165) is 24.8 Å². The van der Waals surface area contributed by atoms with Gasteiger partial charge in [0.2, 0.25) is 0 Å². The average molecular weight is 671 g/mol. The second-order valence-electron chi connectivity index (χ2n) is 12.5. The summed E-state index contributed by atoms with van der Waals surface area (Å²) in [6.45, 7) is 7.02. The van der Waals surface area contributed by atoms with Crippen LogP contribution in [0.3, 0.4) is 0 Å². The van der Waals surface area contributed by atoms with E-state index in [2.05, 4.69) is 16.5 Å². The van der Waals surface area contributed by atoms with Crippen molar-refractivity contribution in [1.82, 2.24) is 19.8 Å². The van der Waals surface area contributed by atoms with Gasteiger partial charge in [0, 0.05) is 60.0 Å². The van der Waals surface area contributed by atoms with E-state index in [9.17, 15) is 13.6 Å². The number of piperazine rings is 1. The quantitative estimate of drug-likeness (QED) is 0.200. The highest BCUT2D eigenvalue weighted by Crippen LogP contribution is 2.44. The summed E-state index contributed by atoms with van der Waals surface area (Å²) in [5, 5.41) is 2.44. The fourth-order valence-electron chi connectivity index (χ4n) is 7.47. The van der Waals surface area contributed by atoms with Gasteiger partial charge in [-0.3, -0.25) is 9.69 Å². The highest BCUT2D eigenvalue weighted by atomic mass is 35.5. The van der Waals surface area contributed by atoms with Gasteiger partial charge in [0.05, 0.1) is 10.6 Å². The summed E-state index contributed by atoms with van der Waals surface area (Å²) < 4.78 is 51.3. The Labute approximate surface area is 274 Å². The second kappa shape index (κ2) is 11.9. The lowest BCUT2D eigenvalue weighted by Gasteiger charge is -2.40. The number of alkyl halides is 1. The van der Waals surface area contributed by atoms with Gasteiger partial charge in [0.15, 0.2) is 11.6 Å². The third-order valence-corrected chi connectivity index (χ3v) is 10.2. The number of carbonyl (C=O) groups is 1. The molecular weight excluding hydrogens is 638 g/mol. The molecule has 4 aromatic rings. The Morgan fingerprint density at radius 1 is 1.11 bits per heavy atom. The maximum Gasteiger partial charge on any atom is 0.319 e. The number of hydrogen-bond donors (Lipinski definition) is 0. The molecule has 0 aliphatic carbocycles. The molecule has 1 amide bonds. The van der Waals surface area contributed by atoms with E-state index in [1.165, 1.54) is 4.90 Å². The lowest BCUT2D eigenvalue weighted by molar-refractivity contribution is -0.129. The van der Waals surface area contributed by atoms with Crippen molar-refractivity contribution in [2.75, 3.05) is 44.2 Å². The van der Waals surface area contributed by atoms with Gasteiger partial charge in [0.1, 0.15) is 24.1 Å². The third kappa shape index (κ3) is 5.24. The van der Waals surface area contributed by atoms with Gasteiger partial charge in [-0.1, -0.05) is 60.1 Å². The number of carbonyl (C=O) groups excluding carboxylic acids is 1. The SMILES string of the molecule is C=C(F)C(=O)N1CCN(c2nc(OC[C@@]34CCCN3C[C@H](F)C4)nc3c(F)c(-c4cccc5cccc(Cl)c45)c(Cl)cc23)[C@@H](C)C1. The van der Waals surface area contributed by atoms with E-state index < -0.39 is 29.3 Å². The topological polar surface area (TPSA) is 61.8 Å². The number of fused-ring (bicyclic) bond motifs is 3. The normalized spacial score (nSPS) is 23.3. The van der Waals surface area contributed by atoms with Crippen molar-refractivity contribution in [3.8, 4) is 17.1 Å². The first-order valence-corrected chi connectivity index (χ1v) is 16.1. The monoisotopic (exact) mass is 669 g/mol. The molecule has 1 aromatic heterocycles. The van der Waals surface area contributed by atoms with Crippen LogP contribution in [0.4, 0.5) is 19.0 Å². The van der Waals surface area contributed by atoms with Gasteiger partial charge >= 0.3 is 6.01 Å². The summed E-state index contributed by atoms with van der Waals surface area (Å²) in [5.74, 6) is -2.08. The Kier molecular flexibility index (Phi) is 8.02. The van der Waals surface area contributed by atoms with Crippen molar-refractivity contribution < 1.29 is 22.7 Å². The van der Waals surface area contributed by atoms with E-state index in [1.54, 1.807) is 18.2 Å². The first-order chi connectivity index (χ1) is 22.1. The Morgan fingerprint density at radius 3 is 2.65 bits per heavy atom. The average Bonchev–Trinajstić information content (AvgIpc) is 3.55. The molecule has 3 saturated heterocycles. The Morgan fingerprint density at radius 2 is 1.89 bits per heavy atom. The smallest absolute Gasteiger partial charge is 0.319 e. The fourth-order valence-corrected chi connectivity index (χ4v) is 8.05. The summed E-state index contributed by atoms with van der Waals surface area (Å²) in [7, 11) is 0. The fraction of sp³-hybridized carbons (Fsp3) is 0.382. The molecular formula is C34H32Cl2F3N5O2. The van der Waals surface area contributed by atoms with Crippen LogP contribution >= 0.6 is 23.2 Å². The van der Waals surface area contributed by atoms with Gasteiger partial charge < -0.3 is 14.5 Å². The largest absolute Gasteiger partial charge is 0.461 e. The number of benzene rings is 3. The van der Waals surface area contributed by atoms with Gasteiger partial charge in [-0.2, -0.15) is 9.97 Å². The van der Waals surface area contributed by atoms with Crippen LogP contribution in [-0.2, 0) is 4.79 Å². The van der Waals surface area contributed by atoms with Crippen LogP contribution in [0.15, 0.2) is 54.9 Å². The van der Waals surface area contributed by atoms with E-state index in [-0.39, 0.29) is 54.4 Å². The molecule has 0 saturated carbocycles. The minimum atomic E-state index is -1.03. The van der Waals surface area contributed by atoms with Crippen LogP contribution in [-0.4, -0.2) is 82.8 Å². The van der Waals surface area contributed by atoms with Crippen molar-refractivity contribution >= 4 is 56.6 Å². The zero-order valence-electron chi connectivity index (χ0n) is 25.2. The maximum absolute atomic E-state index is 16.9. The molecule has 7 rings (SSSR count). The Bertz CT molecular complexity index is 1890. The zero-order valence-corrected chi connectivity index (χ0v) is 26.7. The molecule has 0 spiro atoms. The van der Waals surface area contributed by atoms with Gasteiger partial charge in [-0.05, 0) is 49.4 Å². The summed E-state index contributed by atoms with van der Waals surface area (Å²) in [6, 6.07) is 12.2. The molecule has 0 N–H and O–H groups in total. The van der Waals surface area contributed by atoms with Crippen molar-refractivity contribution in [2.24, 2.45) is 0 Å². The predicted molar refractivity (Wildman–Crippen MR) is 175 cm³/mol. The molecule has 0 radical (unpaired) electrons. The lowest BCUT2D eigenvalue weighted by Crippen LogP contribution is -2.54. The maximum atomic E-state index is 16.9. The molecule has 0 unspecified atom stereocenters. The summed E-state index contributed by atoms with van der Waals surface area (Å²) in [4.78, 5) is 27.1. The lowest BCUT2D eigenvalue weighted by atomic mass is 9.95. The van der Waals surface area contributed by atoms with E-state index in [1.807, 2.05) is 36.1 Å². The molecule has 3 fully saturated rings. The number of aromatic nitrogens is 2.